The summed E-state index contributed by atoms with van der Waals surface area (Å²) in [5.74, 6) is 0. The van der Waals surface area contributed by atoms with Crippen LogP contribution in [0.25, 0.3) is 0 Å². The SMILES string of the molecule is CC(O)CCNS(=O)(=O)c1ccc2c(c1)CCCC2. The standard InChI is InChI=1S/C14H21NO3S/c1-11(16)8-9-15-19(17,18)14-7-6-12-4-2-3-5-13(12)10-14/h6-7,10-11,15-16H,2-5,8-9H2,1H3. The second-order valence-electron chi connectivity index (χ2n) is 5.17. The van der Waals surface area contributed by atoms with Crippen molar-refractivity contribution in [1.82, 2.24) is 4.72 Å². The summed E-state index contributed by atoms with van der Waals surface area (Å²) in [5.41, 5.74) is 2.43. The summed E-state index contributed by atoms with van der Waals surface area (Å²) in [6, 6.07) is 5.39. The molecule has 5 heteroatoms. The molecule has 1 aliphatic carbocycles. The Morgan fingerprint density at radius 2 is 1.95 bits per heavy atom. The van der Waals surface area contributed by atoms with Gasteiger partial charge in [0.05, 0.1) is 11.0 Å². The maximum Gasteiger partial charge on any atom is 0.240 e. The fraction of sp³-hybridized carbons (Fsp3) is 0.571. The van der Waals surface area contributed by atoms with Gasteiger partial charge in [0.2, 0.25) is 10.0 Å². The number of hydrogen-bond donors (Lipinski definition) is 2. The fourth-order valence-corrected chi connectivity index (χ4v) is 3.46. The van der Waals surface area contributed by atoms with Gasteiger partial charge in [-0.1, -0.05) is 6.07 Å². The number of hydrogen-bond acceptors (Lipinski definition) is 3. The summed E-state index contributed by atoms with van der Waals surface area (Å²) in [4.78, 5) is 0.332. The van der Waals surface area contributed by atoms with Crippen molar-refractivity contribution in [3.8, 4) is 0 Å². The minimum atomic E-state index is -3.45. The van der Waals surface area contributed by atoms with Crippen LogP contribution in [0, 0.1) is 0 Å². The van der Waals surface area contributed by atoms with Gasteiger partial charge in [-0.3, -0.25) is 0 Å². The van der Waals surface area contributed by atoms with Crippen LogP contribution in [0.4, 0.5) is 0 Å². The number of nitrogens with one attached hydrogen (secondary N) is 1. The van der Waals surface area contributed by atoms with E-state index in [2.05, 4.69) is 4.72 Å². The fourth-order valence-electron chi connectivity index (χ4n) is 2.36. The van der Waals surface area contributed by atoms with E-state index < -0.39 is 16.1 Å². The first-order valence-electron chi connectivity index (χ1n) is 6.78. The molecule has 1 aromatic rings. The lowest BCUT2D eigenvalue weighted by molar-refractivity contribution is 0.186. The number of sulfonamides is 1. The highest BCUT2D eigenvalue weighted by Crippen LogP contribution is 2.23. The van der Waals surface area contributed by atoms with Gasteiger partial charge in [-0.25, -0.2) is 13.1 Å². The lowest BCUT2D eigenvalue weighted by Crippen LogP contribution is -2.27. The Hall–Kier alpha value is -0.910. The van der Waals surface area contributed by atoms with E-state index in [1.54, 1.807) is 19.1 Å². The minimum absolute atomic E-state index is 0.261. The minimum Gasteiger partial charge on any atom is -0.393 e. The Bertz CT molecular complexity index is 538. The average molecular weight is 283 g/mol. The predicted octanol–water partition coefficient (Wildman–Crippen LogP) is 1.61. The molecule has 0 radical (unpaired) electrons. The Kier molecular flexibility index (Phi) is 4.60. The van der Waals surface area contributed by atoms with E-state index in [-0.39, 0.29) is 6.54 Å². The van der Waals surface area contributed by atoms with Crippen LogP contribution in [0.3, 0.4) is 0 Å². The highest BCUT2D eigenvalue weighted by Gasteiger charge is 2.17. The van der Waals surface area contributed by atoms with Crippen molar-refractivity contribution in [1.29, 1.82) is 0 Å². The Balaban J connectivity index is 2.12. The largest absolute Gasteiger partial charge is 0.393 e. The molecular weight excluding hydrogens is 262 g/mol. The van der Waals surface area contributed by atoms with Crippen LogP contribution in [-0.2, 0) is 22.9 Å². The van der Waals surface area contributed by atoms with Crippen LogP contribution in [-0.4, -0.2) is 26.2 Å². The van der Waals surface area contributed by atoms with Crippen LogP contribution in [0.1, 0.15) is 37.3 Å². The van der Waals surface area contributed by atoms with Gasteiger partial charge in [0.1, 0.15) is 0 Å². The molecule has 0 fully saturated rings. The number of benzene rings is 1. The molecule has 19 heavy (non-hydrogen) atoms. The van der Waals surface area contributed by atoms with Crippen LogP contribution < -0.4 is 4.72 Å². The molecule has 0 aliphatic heterocycles. The molecule has 0 spiro atoms. The smallest absolute Gasteiger partial charge is 0.240 e. The Labute approximate surface area is 114 Å². The van der Waals surface area contributed by atoms with Crippen molar-refractivity contribution >= 4 is 10.0 Å². The molecule has 1 aliphatic rings. The van der Waals surface area contributed by atoms with Crippen LogP contribution in [0.15, 0.2) is 23.1 Å². The first-order valence-corrected chi connectivity index (χ1v) is 8.27. The van der Waals surface area contributed by atoms with E-state index >= 15 is 0 Å². The maximum atomic E-state index is 12.1. The van der Waals surface area contributed by atoms with Gasteiger partial charge >= 0.3 is 0 Å². The first-order chi connectivity index (χ1) is 8.99. The van der Waals surface area contributed by atoms with Crippen molar-refractivity contribution in [3.63, 3.8) is 0 Å². The third-order valence-electron chi connectivity index (χ3n) is 3.48. The summed E-state index contributed by atoms with van der Waals surface area (Å²) in [5, 5.41) is 9.14. The highest BCUT2D eigenvalue weighted by molar-refractivity contribution is 7.89. The van der Waals surface area contributed by atoms with E-state index in [0.29, 0.717) is 11.3 Å². The van der Waals surface area contributed by atoms with E-state index in [0.717, 1.165) is 24.8 Å². The Morgan fingerprint density at radius 3 is 2.63 bits per heavy atom. The quantitative estimate of drug-likeness (QED) is 0.863. The van der Waals surface area contributed by atoms with Gasteiger partial charge in [-0.05, 0) is 62.3 Å². The van der Waals surface area contributed by atoms with E-state index in [9.17, 15) is 8.42 Å². The van der Waals surface area contributed by atoms with Crippen molar-refractivity contribution < 1.29 is 13.5 Å². The maximum absolute atomic E-state index is 12.1. The van der Waals surface area contributed by atoms with Crippen molar-refractivity contribution in [3.05, 3.63) is 29.3 Å². The molecule has 0 saturated carbocycles. The monoisotopic (exact) mass is 283 g/mol. The molecule has 2 rings (SSSR count). The van der Waals surface area contributed by atoms with Crippen molar-refractivity contribution in [2.75, 3.05) is 6.54 Å². The zero-order valence-corrected chi connectivity index (χ0v) is 12.0. The van der Waals surface area contributed by atoms with E-state index in [1.807, 2.05) is 6.07 Å². The van der Waals surface area contributed by atoms with Crippen LogP contribution in [0.5, 0.6) is 0 Å². The third kappa shape index (κ3) is 3.78. The number of aryl methyl sites for hydroxylation is 2. The molecule has 0 amide bonds. The molecule has 0 bridgehead atoms. The lowest BCUT2D eigenvalue weighted by atomic mass is 9.92. The topological polar surface area (TPSA) is 66.4 Å². The molecule has 0 heterocycles. The van der Waals surface area contributed by atoms with Crippen molar-refractivity contribution in [2.24, 2.45) is 0 Å². The molecule has 0 saturated heterocycles. The average Bonchev–Trinajstić information content (AvgIpc) is 2.37. The molecular formula is C14H21NO3S. The van der Waals surface area contributed by atoms with Crippen LogP contribution >= 0.6 is 0 Å². The summed E-state index contributed by atoms with van der Waals surface area (Å²) in [6.45, 7) is 1.91. The normalized spacial score (nSPS) is 16.9. The van der Waals surface area contributed by atoms with Gasteiger partial charge in [0, 0.05) is 6.54 Å². The van der Waals surface area contributed by atoms with Crippen molar-refractivity contribution in [2.45, 2.75) is 50.0 Å². The van der Waals surface area contributed by atoms with Gasteiger partial charge in [0.25, 0.3) is 0 Å². The molecule has 0 aromatic heterocycles. The number of aliphatic hydroxyl groups is 1. The zero-order chi connectivity index (χ0) is 13.9. The Morgan fingerprint density at radius 1 is 1.26 bits per heavy atom. The number of rotatable bonds is 5. The number of aliphatic hydroxyl groups excluding tert-OH is 1. The van der Waals surface area contributed by atoms with E-state index in [1.165, 1.54) is 12.0 Å². The van der Waals surface area contributed by atoms with Gasteiger partial charge < -0.3 is 5.11 Å². The summed E-state index contributed by atoms with van der Waals surface area (Å²) in [6.07, 6.45) is 4.26. The van der Waals surface area contributed by atoms with Gasteiger partial charge in [-0.15, -0.1) is 0 Å². The van der Waals surface area contributed by atoms with Gasteiger partial charge in [0.15, 0.2) is 0 Å². The number of fused-ring (bicyclic) bond motifs is 1. The second-order valence-corrected chi connectivity index (χ2v) is 6.94. The van der Waals surface area contributed by atoms with Gasteiger partial charge in [-0.2, -0.15) is 0 Å². The molecule has 1 unspecified atom stereocenters. The zero-order valence-electron chi connectivity index (χ0n) is 11.2. The van der Waals surface area contributed by atoms with E-state index in [4.69, 9.17) is 5.11 Å². The molecule has 4 nitrogen and oxygen atoms in total. The molecule has 1 atom stereocenters. The summed E-state index contributed by atoms with van der Waals surface area (Å²) >= 11 is 0. The predicted molar refractivity (Wildman–Crippen MR) is 74.6 cm³/mol. The molecule has 2 N–H and O–H groups in total. The lowest BCUT2D eigenvalue weighted by Gasteiger charge is -2.17. The molecule has 1 aromatic carbocycles. The first kappa shape index (κ1) is 14.5. The summed E-state index contributed by atoms with van der Waals surface area (Å²) in [7, 11) is -3.45. The second kappa shape index (κ2) is 6.03. The van der Waals surface area contributed by atoms with Crippen LogP contribution in [0.2, 0.25) is 0 Å². The molecule has 106 valence electrons. The third-order valence-corrected chi connectivity index (χ3v) is 4.94. The summed E-state index contributed by atoms with van der Waals surface area (Å²) < 4.78 is 26.7. The highest BCUT2D eigenvalue weighted by atomic mass is 32.2.